The first-order valence-corrected chi connectivity index (χ1v) is 15.1. The molecule has 1 atom stereocenters. The Hall–Kier alpha value is -2.68. The highest BCUT2D eigenvalue weighted by molar-refractivity contribution is 6.69. The zero-order valence-corrected chi connectivity index (χ0v) is 20.8. The SMILES string of the molecule is CC(C)=c1ccc2c(c1C1C=C(CCO[Si](C)(C)C)c3ccccc31)C=c1ccccc1=2. The Kier molecular flexibility index (Phi) is 5.31. The van der Waals surface area contributed by atoms with E-state index in [0.29, 0.717) is 0 Å². The predicted molar refractivity (Wildman–Crippen MR) is 138 cm³/mol. The van der Waals surface area contributed by atoms with Crippen molar-refractivity contribution in [1.82, 2.24) is 0 Å². The normalized spacial score (nSPS) is 16.2. The van der Waals surface area contributed by atoms with Gasteiger partial charge in [0.2, 0.25) is 0 Å². The molecule has 2 aliphatic carbocycles. The smallest absolute Gasteiger partial charge is 0.183 e. The summed E-state index contributed by atoms with van der Waals surface area (Å²) in [5, 5.41) is 5.42. The van der Waals surface area contributed by atoms with Crippen molar-refractivity contribution < 1.29 is 4.43 Å². The average molecular weight is 437 g/mol. The second kappa shape index (κ2) is 8.02. The molecule has 1 unspecified atom stereocenters. The van der Waals surface area contributed by atoms with Crippen LogP contribution < -0.4 is 10.4 Å². The third-order valence-electron chi connectivity index (χ3n) is 6.60. The molecule has 0 amide bonds. The monoisotopic (exact) mass is 436 g/mol. The molecule has 0 N–H and O–H groups in total. The number of hydrogen-bond donors (Lipinski definition) is 0. The number of allylic oxidation sites excluding steroid dienone is 1. The molecule has 0 spiro atoms. The van der Waals surface area contributed by atoms with Crippen molar-refractivity contribution in [2.75, 3.05) is 6.61 Å². The van der Waals surface area contributed by atoms with Crippen LogP contribution in [0.1, 0.15) is 48.4 Å². The summed E-state index contributed by atoms with van der Waals surface area (Å²) in [5.74, 6) is 0.276. The van der Waals surface area contributed by atoms with E-state index in [1.807, 2.05) is 0 Å². The lowest BCUT2D eigenvalue weighted by Crippen LogP contribution is -2.25. The lowest BCUT2D eigenvalue weighted by atomic mass is 9.86. The molecule has 0 aliphatic heterocycles. The fourth-order valence-corrected chi connectivity index (χ4v) is 5.90. The second-order valence-corrected chi connectivity index (χ2v) is 14.7. The first-order valence-electron chi connectivity index (χ1n) is 11.7. The van der Waals surface area contributed by atoms with E-state index in [2.05, 4.69) is 106 Å². The van der Waals surface area contributed by atoms with Crippen molar-refractivity contribution in [1.29, 1.82) is 0 Å². The molecule has 0 saturated heterocycles. The van der Waals surface area contributed by atoms with Crippen molar-refractivity contribution in [3.63, 3.8) is 0 Å². The van der Waals surface area contributed by atoms with Crippen molar-refractivity contribution in [2.45, 2.75) is 45.8 Å². The molecule has 0 radical (unpaired) electrons. The minimum absolute atomic E-state index is 0.276. The van der Waals surface area contributed by atoms with Gasteiger partial charge < -0.3 is 4.43 Å². The lowest BCUT2D eigenvalue weighted by Gasteiger charge is -2.17. The highest BCUT2D eigenvalue weighted by Crippen LogP contribution is 2.42. The summed E-state index contributed by atoms with van der Waals surface area (Å²) in [6.07, 6.45) is 5.88. The maximum atomic E-state index is 6.21. The van der Waals surface area contributed by atoms with Crippen LogP contribution in [0.4, 0.5) is 0 Å². The Bertz CT molecular complexity index is 1450. The van der Waals surface area contributed by atoms with E-state index < -0.39 is 8.32 Å². The average Bonchev–Trinajstić information content (AvgIpc) is 3.31. The Morgan fingerprint density at radius 2 is 1.62 bits per heavy atom. The van der Waals surface area contributed by atoms with Crippen molar-refractivity contribution >= 4 is 25.5 Å². The van der Waals surface area contributed by atoms with Crippen LogP contribution in [0.5, 0.6) is 0 Å². The maximum absolute atomic E-state index is 6.21. The van der Waals surface area contributed by atoms with Gasteiger partial charge in [-0.15, -0.1) is 0 Å². The number of hydrogen-bond acceptors (Lipinski definition) is 1. The van der Waals surface area contributed by atoms with Gasteiger partial charge in [-0.1, -0.05) is 72.3 Å². The van der Waals surface area contributed by atoms with Gasteiger partial charge in [-0.25, -0.2) is 0 Å². The van der Waals surface area contributed by atoms with Crippen LogP contribution >= 0.6 is 0 Å². The van der Waals surface area contributed by atoms with E-state index in [1.165, 1.54) is 54.3 Å². The van der Waals surface area contributed by atoms with Gasteiger partial charge >= 0.3 is 0 Å². The van der Waals surface area contributed by atoms with E-state index in [0.717, 1.165) is 13.0 Å². The van der Waals surface area contributed by atoms with Crippen LogP contribution in [0.3, 0.4) is 0 Å². The summed E-state index contributed by atoms with van der Waals surface area (Å²) in [6.45, 7) is 12.1. The molecule has 0 fully saturated rings. The quantitative estimate of drug-likeness (QED) is 0.345. The number of fused-ring (bicyclic) bond motifs is 3. The topological polar surface area (TPSA) is 9.23 Å². The van der Waals surface area contributed by atoms with Crippen molar-refractivity contribution in [3.8, 4) is 0 Å². The molecule has 1 nitrogen and oxygen atoms in total. The zero-order chi connectivity index (χ0) is 22.5. The fourth-order valence-electron chi connectivity index (χ4n) is 5.19. The van der Waals surface area contributed by atoms with E-state index >= 15 is 0 Å². The Morgan fingerprint density at radius 3 is 2.41 bits per heavy atom. The fraction of sp³-hybridized carbons (Fsp3) is 0.267. The van der Waals surface area contributed by atoms with E-state index in [1.54, 1.807) is 0 Å². The Balaban J connectivity index is 1.70. The van der Waals surface area contributed by atoms with E-state index in [4.69, 9.17) is 4.43 Å². The highest BCUT2D eigenvalue weighted by Gasteiger charge is 2.27. The molecule has 162 valence electrons. The molecule has 3 aromatic carbocycles. The van der Waals surface area contributed by atoms with E-state index in [-0.39, 0.29) is 5.92 Å². The second-order valence-electron chi connectivity index (χ2n) is 10.2. The third kappa shape index (κ3) is 3.72. The molecule has 3 aromatic rings. The Labute approximate surface area is 192 Å². The van der Waals surface area contributed by atoms with Crippen LogP contribution in [-0.4, -0.2) is 14.9 Å². The predicted octanol–water partition coefficient (Wildman–Crippen LogP) is 6.08. The molecular weight excluding hydrogens is 404 g/mol. The summed E-state index contributed by atoms with van der Waals surface area (Å²) >= 11 is 0. The van der Waals surface area contributed by atoms with Crippen LogP contribution in [-0.2, 0) is 4.43 Å². The van der Waals surface area contributed by atoms with Gasteiger partial charge in [0.15, 0.2) is 8.32 Å². The van der Waals surface area contributed by atoms with Crippen LogP contribution in [0.15, 0.2) is 66.7 Å². The van der Waals surface area contributed by atoms with Gasteiger partial charge in [-0.2, -0.15) is 0 Å². The Morgan fingerprint density at radius 1 is 0.875 bits per heavy atom. The third-order valence-corrected chi connectivity index (χ3v) is 7.67. The van der Waals surface area contributed by atoms with Crippen LogP contribution in [0.2, 0.25) is 19.6 Å². The minimum atomic E-state index is -1.51. The summed E-state index contributed by atoms with van der Waals surface area (Å²) in [6, 6.07) is 22.4. The van der Waals surface area contributed by atoms with Crippen molar-refractivity contribution in [2.24, 2.45) is 0 Å². The zero-order valence-electron chi connectivity index (χ0n) is 19.8. The molecule has 5 rings (SSSR count). The van der Waals surface area contributed by atoms with Gasteiger partial charge in [0, 0.05) is 12.5 Å². The molecule has 0 saturated carbocycles. The van der Waals surface area contributed by atoms with Crippen molar-refractivity contribution in [3.05, 3.63) is 110 Å². The molecule has 0 bridgehead atoms. The molecule has 2 aliphatic rings. The molecule has 32 heavy (non-hydrogen) atoms. The largest absolute Gasteiger partial charge is 0.417 e. The van der Waals surface area contributed by atoms with Gasteiger partial charge in [-0.3, -0.25) is 0 Å². The highest BCUT2D eigenvalue weighted by atomic mass is 28.4. The van der Waals surface area contributed by atoms with Gasteiger partial charge in [0.05, 0.1) is 0 Å². The van der Waals surface area contributed by atoms with Crippen LogP contribution in [0, 0.1) is 10.4 Å². The molecule has 0 aromatic heterocycles. The maximum Gasteiger partial charge on any atom is 0.183 e. The first kappa shape index (κ1) is 21.2. The summed E-state index contributed by atoms with van der Waals surface area (Å²) in [7, 11) is -1.51. The van der Waals surface area contributed by atoms with Gasteiger partial charge in [0.25, 0.3) is 0 Å². The van der Waals surface area contributed by atoms with Gasteiger partial charge in [0.1, 0.15) is 0 Å². The molecule has 0 heterocycles. The molecule has 2 heteroatoms. The lowest BCUT2D eigenvalue weighted by molar-refractivity contribution is 0.321. The van der Waals surface area contributed by atoms with Gasteiger partial charge in [-0.05, 0) is 94.7 Å². The summed E-state index contributed by atoms with van der Waals surface area (Å²) in [5.41, 5.74) is 8.46. The summed E-state index contributed by atoms with van der Waals surface area (Å²) in [4.78, 5) is 0. The standard InChI is InChI=1S/C30H32OSi/c1-20(2)23-14-15-27-24-11-7-6-10-21(24)18-29(27)30(23)28-19-22(16-17-31-32(3,4)5)25-12-8-9-13-26(25)28/h6-15,18-19,28H,16-17H2,1-5H3. The molecular formula is C30H32OSi. The first-order chi connectivity index (χ1) is 15.3. The number of rotatable bonds is 5. The van der Waals surface area contributed by atoms with E-state index in [9.17, 15) is 0 Å². The number of benzene rings is 3. The summed E-state index contributed by atoms with van der Waals surface area (Å²) < 4.78 is 6.21. The van der Waals surface area contributed by atoms with Crippen LogP contribution in [0.25, 0.3) is 17.2 Å². The minimum Gasteiger partial charge on any atom is -0.417 e.